The van der Waals surface area contributed by atoms with Gasteiger partial charge in [0.05, 0.1) is 0 Å². The predicted octanol–water partition coefficient (Wildman–Crippen LogP) is -0.600. The molecule has 0 saturated carbocycles. The number of nitrogens with one attached hydrogen (secondary N) is 1. The highest BCUT2D eigenvalue weighted by Gasteiger charge is 2.16. The molecule has 0 heterocycles. The smallest absolute Gasteiger partial charge is 0.119 e. The molecule has 3 heteroatoms. The largest absolute Gasteiger partial charge is 0.301 e. The van der Waals surface area contributed by atoms with Gasteiger partial charge in [-0.3, -0.25) is 10.2 Å². The summed E-state index contributed by atoms with van der Waals surface area (Å²) in [4.78, 5) is 1.91. The number of nitrogens with two attached hydrogens (primary N) is 1. The summed E-state index contributed by atoms with van der Waals surface area (Å²) in [6.07, 6.45) is 0. The molecule has 0 saturated heterocycles. The van der Waals surface area contributed by atoms with E-state index in [0.717, 1.165) is 0 Å². The van der Waals surface area contributed by atoms with Gasteiger partial charge in [-0.1, -0.05) is 0 Å². The van der Waals surface area contributed by atoms with E-state index in [9.17, 15) is 0 Å². The summed E-state index contributed by atoms with van der Waals surface area (Å²) >= 11 is 0. The fourth-order valence-electron chi connectivity index (χ4n) is 0.224. The standard InChI is InChI=1S/C5H15N3/c1-5(6,7-2)8(3)4/h7H,6H2,1-4H3. The van der Waals surface area contributed by atoms with Gasteiger partial charge >= 0.3 is 0 Å². The van der Waals surface area contributed by atoms with Crippen LogP contribution in [0.2, 0.25) is 0 Å². The van der Waals surface area contributed by atoms with Gasteiger partial charge in [-0.25, -0.2) is 0 Å². The van der Waals surface area contributed by atoms with Gasteiger partial charge in [0.25, 0.3) is 0 Å². The zero-order chi connectivity index (χ0) is 6.78. The maximum atomic E-state index is 5.67. The van der Waals surface area contributed by atoms with Crippen molar-refractivity contribution in [2.75, 3.05) is 21.1 Å². The van der Waals surface area contributed by atoms with E-state index in [1.54, 1.807) is 0 Å². The quantitative estimate of drug-likeness (QED) is 0.474. The fraction of sp³-hybridized carbons (Fsp3) is 1.00. The molecule has 3 nitrogen and oxygen atoms in total. The highest BCUT2D eigenvalue weighted by atomic mass is 15.4. The molecule has 1 unspecified atom stereocenters. The molecule has 1 atom stereocenters. The van der Waals surface area contributed by atoms with Crippen molar-refractivity contribution in [1.29, 1.82) is 0 Å². The lowest BCUT2D eigenvalue weighted by Gasteiger charge is -2.31. The van der Waals surface area contributed by atoms with Crippen molar-refractivity contribution in [2.45, 2.75) is 12.7 Å². The van der Waals surface area contributed by atoms with E-state index in [1.807, 2.05) is 33.0 Å². The maximum absolute atomic E-state index is 5.67. The first-order chi connectivity index (χ1) is 3.50. The second kappa shape index (κ2) is 2.44. The summed E-state index contributed by atoms with van der Waals surface area (Å²) in [5.74, 6) is -0.375. The monoisotopic (exact) mass is 117 g/mol. The first-order valence-electron chi connectivity index (χ1n) is 2.66. The molecular weight excluding hydrogens is 102 g/mol. The van der Waals surface area contributed by atoms with Crippen molar-refractivity contribution in [3.8, 4) is 0 Å². The Kier molecular flexibility index (Phi) is 2.40. The van der Waals surface area contributed by atoms with Gasteiger partial charge in [-0.05, 0) is 28.1 Å². The summed E-state index contributed by atoms with van der Waals surface area (Å²) in [6, 6.07) is 0. The molecule has 0 aromatic rings. The second-order valence-electron chi connectivity index (χ2n) is 2.29. The molecule has 0 bridgehead atoms. The maximum Gasteiger partial charge on any atom is 0.119 e. The van der Waals surface area contributed by atoms with Crippen LogP contribution in [-0.4, -0.2) is 31.8 Å². The van der Waals surface area contributed by atoms with E-state index in [2.05, 4.69) is 5.32 Å². The molecule has 50 valence electrons. The van der Waals surface area contributed by atoms with Gasteiger partial charge in [0.2, 0.25) is 0 Å². The minimum Gasteiger partial charge on any atom is -0.301 e. The van der Waals surface area contributed by atoms with Crippen molar-refractivity contribution in [2.24, 2.45) is 5.73 Å². The topological polar surface area (TPSA) is 41.3 Å². The van der Waals surface area contributed by atoms with Gasteiger partial charge in [0.15, 0.2) is 0 Å². The molecule has 3 N–H and O–H groups in total. The van der Waals surface area contributed by atoms with E-state index >= 15 is 0 Å². The Morgan fingerprint density at radius 1 is 1.50 bits per heavy atom. The van der Waals surface area contributed by atoms with Crippen molar-refractivity contribution in [3.05, 3.63) is 0 Å². The summed E-state index contributed by atoms with van der Waals surface area (Å²) < 4.78 is 0. The highest BCUT2D eigenvalue weighted by molar-refractivity contribution is 4.67. The summed E-state index contributed by atoms with van der Waals surface area (Å²) in [7, 11) is 5.69. The first kappa shape index (κ1) is 7.88. The van der Waals surface area contributed by atoms with Crippen LogP contribution in [0.25, 0.3) is 0 Å². The van der Waals surface area contributed by atoms with Crippen LogP contribution < -0.4 is 11.1 Å². The normalized spacial score (nSPS) is 18.8. The number of nitrogens with zero attached hydrogens (tertiary/aromatic N) is 1. The third-order valence-electron chi connectivity index (χ3n) is 1.44. The van der Waals surface area contributed by atoms with Crippen LogP contribution in [0.3, 0.4) is 0 Å². The van der Waals surface area contributed by atoms with Crippen molar-refractivity contribution >= 4 is 0 Å². The lowest BCUT2D eigenvalue weighted by Crippen LogP contribution is -2.59. The van der Waals surface area contributed by atoms with Crippen molar-refractivity contribution < 1.29 is 0 Å². The molecule has 0 aliphatic rings. The molecule has 0 radical (unpaired) electrons. The van der Waals surface area contributed by atoms with Crippen LogP contribution in [0.15, 0.2) is 0 Å². The Bertz CT molecular complexity index is 68.1. The summed E-state index contributed by atoms with van der Waals surface area (Å²) in [5.41, 5.74) is 5.67. The van der Waals surface area contributed by atoms with Crippen LogP contribution in [0.4, 0.5) is 0 Å². The number of hydrogen-bond donors (Lipinski definition) is 2. The van der Waals surface area contributed by atoms with Crippen LogP contribution in [0.1, 0.15) is 6.92 Å². The molecule has 0 aromatic heterocycles. The molecule has 8 heavy (non-hydrogen) atoms. The first-order valence-corrected chi connectivity index (χ1v) is 2.66. The Labute approximate surface area is 50.8 Å². The zero-order valence-electron chi connectivity index (χ0n) is 6.02. The SMILES string of the molecule is CNC(C)(N)N(C)C. The van der Waals surface area contributed by atoms with Gasteiger partial charge in [0, 0.05) is 0 Å². The lowest BCUT2D eigenvalue weighted by atomic mass is 10.4. The molecule has 0 fully saturated rings. The van der Waals surface area contributed by atoms with E-state index in [1.165, 1.54) is 0 Å². The molecule has 0 amide bonds. The van der Waals surface area contributed by atoms with Gasteiger partial charge in [-0.2, -0.15) is 0 Å². The van der Waals surface area contributed by atoms with Crippen LogP contribution in [-0.2, 0) is 0 Å². The Hall–Kier alpha value is -0.120. The highest BCUT2D eigenvalue weighted by Crippen LogP contribution is 1.93. The third kappa shape index (κ3) is 1.78. The van der Waals surface area contributed by atoms with Gasteiger partial charge in [0.1, 0.15) is 5.79 Å². The summed E-state index contributed by atoms with van der Waals surface area (Å²) in [6.45, 7) is 1.91. The Morgan fingerprint density at radius 3 is 1.88 bits per heavy atom. The van der Waals surface area contributed by atoms with E-state index in [-0.39, 0.29) is 5.79 Å². The number of rotatable bonds is 2. The Balaban J connectivity index is 3.71. The predicted molar refractivity (Wildman–Crippen MR) is 35.3 cm³/mol. The average molecular weight is 117 g/mol. The van der Waals surface area contributed by atoms with Crippen LogP contribution >= 0.6 is 0 Å². The van der Waals surface area contributed by atoms with Crippen LogP contribution in [0.5, 0.6) is 0 Å². The molecular formula is C5H15N3. The van der Waals surface area contributed by atoms with Crippen molar-refractivity contribution in [1.82, 2.24) is 10.2 Å². The van der Waals surface area contributed by atoms with E-state index < -0.39 is 0 Å². The summed E-state index contributed by atoms with van der Waals surface area (Å²) in [5, 5.41) is 2.94. The van der Waals surface area contributed by atoms with E-state index in [4.69, 9.17) is 5.73 Å². The average Bonchev–Trinajstić information content (AvgIpc) is 1.67. The lowest BCUT2D eigenvalue weighted by molar-refractivity contribution is 0.147. The minimum absolute atomic E-state index is 0.375. The zero-order valence-corrected chi connectivity index (χ0v) is 6.02. The van der Waals surface area contributed by atoms with Gasteiger partial charge in [-0.15, -0.1) is 0 Å². The third-order valence-corrected chi connectivity index (χ3v) is 1.44. The van der Waals surface area contributed by atoms with Crippen LogP contribution in [0, 0.1) is 0 Å². The number of hydrogen-bond acceptors (Lipinski definition) is 3. The van der Waals surface area contributed by atoms with Gasteiger partial charge < -0.3 is 5.73 Å². The fourth-order valence-corrected chi connectivity index (χ4v) is 0.224. The molecule has 0 rings (SSSR count). The van der Waals surface area contributed by atoms with Crippen molar-refractivity contribution in [3.63, 3.8) is 0 Å². The molecule has 0 spiro atoms. The second-order valence-corrected chi connectivity index (χ2v) is 2.29. The Morgan fingerprint density at radius 2 is 1.88 bits per heavy atom. The van der Waals surface area contributed by atoms with E-state index in [0.29, 0.717) is 0 Å². The molecule has 0 aliphatic heterocycles. The molecule has 0 aromatic carbocycles. The minimum atomic E-state index is -0.375. The molecule has 0 aliphatic carbocycles.